The van der Waals surface area contributed by atoms with Crippen LogP contribution in [0.1, 0.15) is 5.69 Å². The third kappa shape index (κ3) is 2.24. The largest absolute Gasteiger partial charge is 0.594 e. The standard InChI is InChI=1S/C6H5Cl2NOS/c1-4-6(11(8)10)2-5(7)3-9-4/h2-3H,1H3. The minimum absolute atomic E-state index is 0.444. The van der Waals surface area contributed by atoms with E-state index in [-0.39, 0.29) is 0 Å². The minimum atomic E-state index is -1.53. The fourth-order valence-corrected chi connectivity index (χ4v) is 1.85. The van der Waals surface area contributed by atoms with Gasteiger partial charge in [0, 0.05) is 12.3 Å². The molecule has 0 spiro atoms. The molecule has 5 heteroatoms. The molecule has 0 fully saturated rings. The monoisotopic (exact) mass is 209 g/mol. The Hall–Kier alpha value is 0.0400. The molecule has 1 aromatic rings. The highest BCUT2D eigenvalue weighted by Crippen LogP contribution is 2.20. The molecule has 0 radical (unpaired) electrons. The smallest absolute Gasteiger partial charge is 0.195 e. The molecule has 0 bridgehead atoms. The Morgan fingerprint density at radius 3 is 2.73 bits per heavy atom. The topological polar surface area (TPSA) is 36.0 Å². The molecule has 0 aliphatic carbocycles. The zero-order valence-corrected chi connectivity index (χ0v) is 8.00. The Kier molecular flexibility index (Phi) is 3.01. The molecule has 0 amide bonds. The van der Waals surface area contributed by atoms with Gasteiger partial charge in [0.2, 0.25) is 0 Å². The van der Waals surface area contributed by atoms with Crippen LogP contribution in [0.2, 0.25) is 5.02 Å². The fraction of sp³-hybridized carbons (Fsp3) is 0.167. The summed E-state index contributed by atoms with van der Waals surface area (Å²) in [5, 5.41) is 0.444. The number of rotatable bonds is 1. The van der Waals surface area contributed by atoms with Gasteiger partial charge in [0.25, 0.3) is 0 Å². The molecule has 0 N–H and O–H groups in total. The van der Waals surface area contributed by atoms with Crippen LogP contribution in [0.4, 0.5) is 0 Å². The molecule has 11 heavy (non-hydrogen) atoms. The van der Waals surface area contributed by atoms with Crippen molar-refractivity contribution in [3.8, 4) is 0 Å². The summed E-state index contributed by atoms with van der Waals surface area (Å²) < 4.78 is 10.8. The molecular weight excluding hydrogens is 205 g/mol. The van der Waals surface area contributed by atoms with E-state index in [2.05, 4.69) is 4.98 Å². The molecule has 0 aliphatic rings. The van der Waals surface area contributed by atoms with Crippen molar-refractivity contribution in [3.05, 3.63) is 23.0 Å². The zero-order valence-electron chi connectivity index (χ0n) is 5.67. The number of nitrogens with zero attached hydrogens (tertiary/aromatic N) is 1. The summed E-state index contributed by atoms with van der Waals surface area (Å²) >= 11 is 5.61. The van der Waals surface area contributed by atoms with Crippen LogP contribution >= 0.6 is 22.3 Å². The minimum Gasteiger partial charge on any atom is -0.594 e. The first kappa shape index (κ1) is 9.13. The Labute approximate surface area is 77.2 Å². The van der Waals surface area contributed by atoms with Gasteiger partial charge in [-0.1, -0.05) is 11.6 Å². The first-order valence-corrected chi connectivity index (χ1v) is 5.17. The first-order chi connectivity index (χ1) is 5.11. The van der Waals surface area contributed by atoms with E-state index in [9.17, 15) is 4.55 Å². The maximum absolute atomic E-state index is 10.8. The summed E-state index contributed by atoms with van der Waals surface area (Å²) in [7, 11) is 3.83. The Morgan fingerprint density at radius 2 is 2.27 bits per heavy atom. The highest BCUT2D eigenvalue weighted by molar-refractivity contribution is 8.13. The predicted octanol–water partition coefficient (Wildman–Crippen LogP) is 2.30. The summed E-state index contributed by atoms with van der Waals surface area (Å²) in [4.78, 5) is 4.36. The van der Waals surface area contributed by atoms with E-state index in [1.54, 1.807) is 13.0 Å². The molecule has 1 aromatic heterocycles. The Bertz CT molecular complexity index is 267. The third-order valence-corrected chi connectivity index (χ3v) is 2.64. The fourth-order valence-electron chi connectivity index (χ4n) is 0.652. The highest BCUT2D eigenvalue weighted by Gasteiger charge is 2.13. The molecule has 1 heterocycles. The molecule has 1 atom stereocenters. The molecule has 0 aliphatic heterocycles. The molecule has 60 valence electrons. The van der Waals surface area contributed by atoms with Gasteiger partial charge in [0.15, 0.2) is 15.6 Å². The van der Waals surface area contributed by atoms with E-state index < -0.39 is 10.4 Å². The number of pyridine rings is 1. The normalized spacial score (nSPS) is 13.1. The number of aromatic nitrogens is 1. The van der Waals surface area contributed by atoms with Crippen molar-refractivity contribution >= 4 is 32.7 Å². The summed E-state index contributed by atoms with van der Waals surface area (Å²) in [6.45, 7) is 1.73. The van der Waals surface area contributed by atoms with Crippen LogP contribution in [0.3, 0.4) is 0 Å². The van der Waals surface area contributed by atoms with E-state index >= 15 is 0 Å². The van der Waals surface area contributed by atoms with Crippen molar-refractivity contribution in [2.24, 2.45) is 0 Å². The first-order valence-electron chi connectivity index (χ1n) is 2.81. The second-order valence-electron chi connectivity index (χ2n) is 1.96. The van der Waals surface area contributed by atoms with Crippen LogP contribution in [0.25, 0.3) is 0 Å². The van der Waals surface area contributed by atoms with E-state index in [1.165, 1.54) is 6.20 Å². The van der Waals surface area contributed by atoms with Gasteiger partial charge in [-0.2, -0.15) is 0 Å². The molecule has 0 saturated heterocycles. The van der Waals surface area contributed by atoms with Gasteiger partial charge in [0.05, 0.1) is 10.7 Å². The summed E-state index contributed by atoms with van der Waals surface area (Å²) in [5.41, 5.74) is 0.641. The lowest BCUT2D eigenvalue weighted by molar-refractivity contribution is 0.607. The van der Waals surface area contributed by atoms with Crippen LogP contribution in [0, 0.1) is 6.92 Å². The maximum Gasteiger partial charge on any atom is 0.195 e. The Morgan fingerprint density at radius 1 is 1.64 bits per heavy atom. The van der Waals surface area contributed by atoms with E-state index in [1.807, 2.05) is 0 Å². The van der Waals surface area contributed by atoms with Crippen molar-refractivity contribution in [1.29, 1.82) is 0 Å². The molecule has 1 unspecified atom stereocenters. The number of hydrogen-bond donors (Lipinski definition) is 0. The van der Waals surface area contributed by atoms with Crippen molar-refractivity contribution in [2.75, 3.05) is 0 Å². The zero-order chi connectivity index (χ0) is 8.43. The summed E-state index contributed by atoms with van der Waals surface area (Å²) in [6, 6.07) is 1.55. The third-order valence-electron chi connectivity index (χ3n) is 1.18. The maximum atomic E-state index is 10.8. The van der Waals surface area contributed by atoms with Crippen molar-refractivity contribution in [1.82, 2.24) is 4.98 Å². The van der Waals surface area contributed by atoms with Crippen molar-refractivity contribution in [2.45, 2.75) is 11.8 Å². The Balaban J connectivity index is 3.13. The van der Waals surface area contributed by atoms with Gasteiger partial charge >= 0.3 is 0 Å². The quantitative estimate of drug-likeness (QED) is 0.666. The van der Waals surface area contributed by atoms with E-state index in [4.69, 9.17) is 22.3 Å². The summed E-state index contributed by atoms with van der Waals surface area (Å²) in [5.74, 6) is 0. The SMILES string of the molecule is Cc1ncc(Cl)cc1[S+]([O-])Cl. The lowest BCUT2D eigenvalue weighted by Crippen LogP contribution is -1.96. The predicted molar refractivity (Wildman–Crippen MR) is 46.2 cm³/mol. The van der Waals surface area contributed by atoms with Gasteiger partial charge in [0.1, 0.15) is 10.4 Å². The average Bonchev–Trinajstić information content (AvgIpc) is 1.94. The van der Waals surface area contributed by atoms with Crippen LogP contribution < -0.4 is 0 Å². The molecular formula is C6H5Cl2NOS. The van der Waals surface area contributed by atoms with Crippen LogP contribution in [-0.4, -0.2) is 9.54 Å². The van der Waals surface area contributed by atoms with Crippen LogP contribution in [0.5, 0.6) is 0 Å². The highest BCUT2D eigenvalue weighted by atomic mass is 35.7. The summed E-state index contributed by atoms with van der Waals surface area (Å²) in [6.07, 6.45) is 1.49. The molecule has 2 nitrogen and oxygen atoms in total. The number of halogens is 2. The number of aryl methyl sites for hydroxylation is 1. The lowest BCUT2D eigenvalue weighted by Gasteiger charge is -2.01. The second kappa shape index (κ2) is 3.63. The molecule has 1 rings (SSSR count). The van der Waals surface area contributed by atoms with Gasteiger partial charge in [-0.3, -0.25) is 4.98 Å². The van der Waals surface area contributed by atoms with Gasteiger partial charge in [-0.15, -0.1) is 0 Å². The average molecular weight is 210 g/mol. The van der Waals surface area contributed by atoms with Crippen LogP contribution in [0.15, 0.2) is 17.2 Å². The second-order valence-corrected chi connectivity index (χ2v) is 4.12. The van der Waals surface area contributed by atoms with E-state index in [0.717, 1.165) is 0 Å². The van der Waals surface area contributed by atoms with Gasteiger partial charge in [-0.05, 0) is 6.92 Å². The van der Waals surface area contributed by atoms with Crippen molar-refractivity contribution < 1.29 is 4.55 Å². The molecule has 0 aromatic carbocycles. The lowest BCUT2D eigenvalue weighted by atomic mass is 10.4. The van der Waals surface area contributed by atoms with Crippen LogP contribution in [-0.2, 0) is 10.4 Å². The number of hydrogen-bond acceptors (Lipinski definition) is 2. The van der Waals surface area contributed by atoms with Crippen molar-refractivity contribution in [3.63, 3.8) is 0 Å². The van der Waals surface area contributed by atoms with Gasteiger partial charge in [-0.25, -0.2) is 0 Å². The van der Waals surface area contributed by atoms with E-state index in [0.29, 0.717) is 15.6 Å². The van der Waals surface area contributed by atoms with Gasteiger partial charge < -0.3 is 4.55 Å². The molecule has 0 saturated carbocycles.